The van der Waals surface area contributed by atoms with Gasteiger partial charge in [0, 0.05) is 25.9 Å². The van der Waals surface area contributed by atoms with Crippen LogP contribution in [0.2, 0.25) is 5.02 Å². The molecule has 0 atom stereocenters. The Morgan fingerprint density at radius 3 is 2.71 bits per heavy atom. The molecule has 2 N–H and O–H groups in total. The van der Waals surface area contributed by atoms with Crippen molar-refractivity contribution in [1.82, 2.24) is 15.2 Å². The van der Waals surface area contributed by atoms with Crippen molar-refractivity contribution in [3.8, 4) is 0 Å². The van der Waals surface area contributed by atoms with Crippen LogP contribution < -0.4 is 5.32 Å². The summed E-state index contributed by atoms with van der Waals surface area (Å²) in [6.45, 7) is 0.650. The normalized spacial score (nSPS) is 21.9. The van der Waals surface area contributed by atoms with Crippen LogP contribution in [0.15, 0.2) is 18.3 Å². The fourth-order valence-electron chi connectivity index (χ4n) is 2.68. The number of urea groups is 1. The number of hydrogen-bond donors (Lipinski definition) is 2. The van der Waals surface area contributed by atoms with E-state index in [0.717, 1.165) is 31.4 Å². The Morgan fingerprint density at radius 2 is 2.14 bits per heavy atom. The fourth-order valence-corrected chi connectivity index (χ4v) is 2.79. The number of rotatable bonds is 4. The molecule has 0 radical (unpaired) electrons. The van der Waals surface area contributed by atoms with Crippen molar-refractivity contribution < 1.29 is 9.90 Å². The maximum atomic E-state index is 12.1. The quantitative estimate of drug-likeness (QED) is 0.897. The van der Waals surface area contributed by atoms with Crippen LogP contribution in [0.4, 0.5) is 4.79 Å². The summed E-state index contributed by atoms with van der Waals surface area (Å²) < 4.78 is 0. The molecule has 1 aliphatic rings. The van der Waals surface area contributed by atoms with Crippen molar-refractivity contribution in [2.75, 3.05) is 13.7 Å². The van der Waals surface area contributed by atoms with E-state index in [-0.39, 0.29) is 18.7 Å². The minimum Gasteiger partial charge on any atom is -0.396 e. The zero-order chi connectivity index (χ0) is 15.2. The fraction of sp³-hybridized carbons (Fsp3) is 0.600. The molecule has 0 bridgehead atoms. The zero-order valence-corrected chi connectivity index (χ0v) is 13.0. The molecule has 1 aromatic rings. The van der Waals surface area contributed by atoms with E-state index in [0.29, 0.717) is 17.5 Å². The molecule has 2 rings (SSSR count). The van der Waals surface area contributed by atoms with Gasteiger partial charge in [0.1, 0.15) is 0 Å². The zero-order valence-electron chi connectivity index (χ0n) is 12.3. The second-order valence-corrected chi connectivity index (χ2v) is 6.03. The summed E-state index contributed by atoms with van der Waals surface area (Å²) in [5.74, 6) is 0.399. The number of nitrogens with zero attached hydrogens (tertiary/aromatic N) is 2. The maximum absolute atomic E-state index is 12.1. The van der Waals surface area contributed by atoms with Crippen LogP contribution in [0, 0.1) is 5.92 Å². The SMILES string of the molecule is CN(C(=O)NCc1ccc(Cl)cn1)C1CCC(CO)CC1. The second kappa shape index (κ2) is 7.61. The van der Waals surface area contributed by atoms with Gasteiger partial charge in [0.2, 0.25) is 0 Å². The van der Waals surface area contributed by atoms with Gasteiger partial charge >= 0.3 is 6.03 Å². The van der Waals surface area contributed by atoms with Gasteiger partial charge in [-0.2, -0.15) is 0 Å². The number of nitrogens with one attached hydrogen (secondary N) is 1. The topological polar surface area (TPSA) is 65.5 Å². The van der Waals surface area contributed by atoms with E-state index in [1.807, 2.05) is 7.05 Å². The van der Waals surface area contributed by atoms with E-state index < -0.39 is 0 Å². The second-order valence-electron chi connectivity index (χ2n) is 5.59. The van der Waals surface area contributed by atoms with Gasteiger partial charge in [0.05, 0.1) is 17.3 Å². The summed E-state index contributed by atoms with van der Waals surface area (Å²) >= 11 is 5.77. The Bertz CT molecular complexity index is 458. The number of aromatic nitrogens is 1. The number of halogens is 1. The lowest BCUT2D eigenvalue weighted by Gasteiger charge is -2.34. The van der Waals surface area contributed by atoms with Gasteiger partial charge in [-0.25, -0.2) is 4.79 Å². The largest absolute Gasteiger partial charge is 0.396 e. The smallest absolute Gasteiger partial charge is 0.317 e. The first kappa shape index (κ1) is 16.0. The Labute approximate surface area is 130 Å². The Kier molecular flexibility index (Phi) is 5.82. The summed E-state index contributed by atoms with van der Waals surface area (Å²) in [6.07, 6.45) is 5.45. The van der Waals surface area contributed by atoms with Crippen molar-refractivity contribution >= 4 is 17.6 Å². The van der Waals surface area contributed by atoms with Crippen LogP contribution in [0.3, 0.4) is 0 Å². The van der Waals surface area contributed by atoms with Crippen molar-refractivity contribution in [1.29, 1.82) is 0 Å². The molecule has 2 amide bonds. The van der Waals surface area contributed by atoms with Crippen LogP contribution in [0.25, 0.3) is 0 Å². The maximum Gasteiger partial charge on any atom is 0.317 e. The number of aliphatic hydroxyl groups is 1. The molecule has 1 saturated carbocycles. The minimum atomic E-state index is -0.0841. The molecule has 6 heteroatoms. The Morgan fingerprint density at radius 1 is 1.43 bits per heavy atom. The third-order valence-electron chi connectivity index (χ3n) is 4.15. The van der Waals surface area contributed by atoms with Crippen molar-refractivity contribution in [2.45, 2.75) is 38.3 Å². The number of carbonyl (C=O) groups excluding carboxylic acids is 1. The number of amides is 2. The predicted molar refractivity (Wildman–Crippen MR) is 82.1 cm³/mol. The first-order valence-corrected chi connectivity index (χ1v) is 7.70. The Hall–Kier alpha value is -1.33. The number of pyridine rings is 1. The van der Waals surface area contributed by atoms with Gasteiger partial charge in [-0.1, -0.05) is 11.6 Å². The molecule has 5 nitrogen and oxygen atoms in total. The van der Waals surface area contributed by atoms with Gasteiger partial charge in [0.25, 0.3) is 0 Å². The number of carbonyl (C=O) groups is 1. The lowest BCUT2D eigenvalue weighted by Crippen LogP contribution is -2.45. The molecular formula is C15H22ClN3O2. The highest BCUT2D eigenvalue weighted by atomic mass is 35.5. The van der Waals surface area contributed by atoms with Gasteiger partial charge in [-0.3, -0.25) is 4.98 Å². The monoisotopic (exact) mass is 311 g/mol. The molecule has 0 aromatic carbocycles. The third-order valence-corrected chi connectivity index (χ3v) is 4.38. The molecule has 1 aromatic heterocycles. The first-order valence-electron chi connectivity index (χ1n) is 7.32. The lowest BCUT2D eigenvalue weighted by atomic mass is 9.86. The van der Waals surface area contributed by atoms with Crippen molar-refractivity contribution in [3.63, 3.8) is 0 Å². The van der Waals surface area contributed by atoms with Gasteiger partial charge in [0.15, 0.2) is 0 Å². The van der Waals surface area contributed by atoms with E-state index in [1.54, 1.807) is 23.2 Å². The van der Waals surface area contributed by atoms with E-state index in [2.05, 4.69) is 10.3 Å². The minimum absolute atomic E-state index is 0.0841. The summed E-state index contributed by atoms with van der Waals surface area (Å²) in [5.41, 5.74) is 0.783. The standard InChI is InChI=1S/C15H22ClN3O2/c1-19(14-6-2-11(10-20)3-7-14)15(21)18-9-13-5-4-12(16)8-17-13/h4-5,8,11,14,20H,2-3,6-7,9-10H2,1H3,(H,18,21). The molecule has 1 heterocycles. The molecular weight excluding hydrogens is 290 g/mol. The summed E-state index contributed by atoms with van der Waals surface area (Å²) in [6, 6.07) is 3.73. The predicted octanol–water partition coefficient (Wildman–Crippen LogP) is 2.43. The van der Waals surface area contributed by atoms with Crippen LogP contribution in [-0.2, 0) is 6.54 Å². The van der Waals surface area contributed by atoms with E-state index in [1.165, 1.54) is 0 Å². The molecule has 0 aliphatic heterocycles. The molecule has 1 fully saturated rings. The first-order chi connectivity index (χ1) is 10.1. The number of hydrogen-bond acceptors (Lipinski definition) is 3. The van der Waals surface area contributed by atoms with Crippen molar-refractivity contribution in [3.05, 3.63) is 29.0 Å². The summed E-state index contributed by atoms with van der Waals surface area (Å²) in [7, 11) is 1.83. The summed E-state index contributed by atoms with van der Waals surface area (Å²) in [5, 5.41) is 12.6. The van der Waals surface area contributed by atoms with E-state index >= 15 is 0 Å². The summed E-state index contributed by atoms with van der Waals surface area (Å²) in [4.78, 5) is 18.1. The van der Waals surface area contributed by atoms with E-state index in [9.17, 15) is 4.79 Å². The van der Waals surface area contributed by atoms with Crippen LogP contribution in [0.1, 0.15) is 31.4 Å². The molecule has 116 valence electrons. The van der Waals surface area contributed by atoms with Crippen LogP contribution in [0.5, 0.6) is 0 Å². The average molecular weight is 312 g/mol. The van der Waals surface area contributed by atoms with Gasteiger partial charge in [-0.15, -0.1) is 0 Å². The van der Waals surface area contributed by atoms with Gasteiger partial charge in [-0.05, 0) is 43.7 Å². The number of aliphatic hydroxyl groups excluding tert-OH is 1. The Balaban J connectivity index is 1.78. The molecule has 21 heavy (non-hydrogen) atoms. The van der Waals surface area contributed by atoms with E-state index in [4.69, 9.17) is 16.7 Å². The van der Waals surface area contributed by atoms with Crippen LogP contribution in [-0.4, -0.2) is 40.7 Å². The molecule has 0 unspecified atom stereocenters. The van der Waals surface area contributed by atoms with Crippen LogP contribution >= 0.6 is 11.6 Å². The average Bonchev–Trinajstić information content (AvgIpc) is 2.53. The molecule has 0 spiro atoms. The highest BCUT2D eigenvalue weighted by Gasteiger charge is 2.26. The highest BCUT2D eigenvalue weighted by Crippen LogP contribution is 2.26. The van der Waals surface area contributed by atoms with Crippen molar-refractivity contribution in [2.24, 2.45) is 5.92 Å². The lowest BCUT2D eigenvalue weighted by molar-refractivity contribution is 0.134. The molecule has 0 saturated heterocycles. The highest BCUT2D eigenvalue weighted by molar-refractivity contribution is 6.30. The van der Waals surface area contributed by atoms with Gasteiger partial charge < -0.3 is 15.3 Å². The third kappa shape index (κ3) is 4.58. The molecule has 1 aliphatic carbocycles.